The van der Waals surface area contributed by atoms with E-state index in [9.17, 15) is 10.2 Å². The zero-order valence-corrected chi connectivity index (χ0v) is 10.5. The largest absolute Gasteiger partial charge is 0.508 e. The van der Waals surface area contributed by atoms with Gasteiger partial charge in [0.1, 0.15) is 5.75 Å². The van der Waals surface area contributed by atoms with Crippen molar-refractivity contribution in [1.29, 1.82) is 0 Å². The Morgan fingerprint density at radius 2 is 2.28 bits per heavy atom. The summed E-state index contributed by atoms with van der Waals surface area (Å²) in [7, 11) is 1.90. The first kappa shape index (κ1) is 11.6. The molecule has 4 heteroatoms. The van der Waals surface area contributed by atoms with Crippen LogP contribution in [-0.4, -0.2) is 34.4 Å². The van der Waals surface area contributed by atoms with E-state index in [1.54, 1.807) is 12.1 Å². The summed E-state index contributed by atoms with van der Waals surface area (Å²) < 4.78 is 0. The van der Waals surface area contributed by atoms with Crippen LogP contribution in [0, 0.1) is 0 Å². The molecule has 1 aliphatic carbocycles. The van der Waals surface area contributed by atoms with Crippen molar-refractivity contribution in [1.82, 2.24) is 10.3 Å². The molecule has 0 radical (unpaired) electrons. The third kappa shape index (κ3) is 1.61. The molecule has 2 aromatic rings. The Kier molecular flexibility index (Phi) is 2.57. The number of aliphatic hydroxyl groups is 1. The molecule has 18 heavy (non-hydrogen) atoms. The number of likely N-dealkylation sites (N-methyl/N-ethyl adjacent to an activating group) is 1. The molecule has 96 valence electrons. The highest BCUT2D eigenvalue weighted by Gasteiger charge is 2.34. The van der Waals surface area contributed by atoms with E-state index in [0.29, 0.717) is 0 Å². The molecule has 1 unspecified atom stereocenters. The van der Waals surface area contributed by atoms with Gasteiger partial charge in [0.15, 0.2) is 0 Å². The number of aromatic amines is 1. The van der Waals surface area contributed by atoms with Gasteiger partial charge in [-0.25, -0.2) is 0 Å². The van der Waals surface area contributed by atoms with Crippen molar-refractivity contribution in [2.45, 2.75) is 24.8 Å². The molecule has 3 rings (SSSR count). The minimum Gasteiger partial charge on any atom is -0.508 e. The minimum atomic E-state index is -0.229. The number of hydrogen-bond acceptors (Lipinski definition) is 3. The van der Waals surface area contributed by atoms with E-state index in [-0.39, 0.29) is 17.9 Å². The van der Waals surface area contributed by atoms with Crippen LogP contribution in [0.15, 0.2) is 18.2 Å². The molecular weight excluding hydrogens is 228 g/mol. The summed E-state index contributed by atoms with van der Waals surface area (Å²) in [6.45, 7) is 0.133. The molecular formula is C14H18N2O2. The standard InChI is InChI=1S/C14H18N2O2/c1-15-14(8-17)5-4-13-11(7-14)10-6-9(18)2-3-12(10)16-13/h2-3,6,15-18H,4-5,7-8H2,1H3. The number of nitrogens with one attached hydrogen (secondary N) is 2. The first-order chi connectivity index (χ1) is 8.67. The number of fused-ring (bicyclic) bond motifs is 3. The Bertz CT molecular complexity index is 585. The predicted molar refractivity (Wildman–Crippen MR) is 70.9 cm³/mol. The lowest BCUT2D eigenvalue weighted by Crippen LogP contribution is -2.50. The highest BCUT2D eigenvalue weighted by atomic mass is 16.3. The maximum absolute atomic E-state index is 9.62. The van der Waals surface area contributed by atoms with Crippen LogP contribution in [-0.2, 0) is 12.8 Å². The van der Waals surface area contributed by atoms with Gasteiger partial charge in [-0.05, 0) is 50.1 Å². The van der Waals surface area contributed by atoms with Crippen molar-refractivity contribution in [3.63, 3.8) is 0 Å². The van der Waals surface area contributed by atoms with Gasteiger partial charge in [-0.2, -0.15) is 0 Å². The third-order valence-electron chi connectivity index (χ3n) is 4.18. The minimum absolute atomic E-state index is 0.133. The van der Waals surface area contributed by atoms with E-state index in [1.165, 1.54) is 11.3 Å². The predicted octanol–water partition coefficient (Wildman–Crippen LogP) is 1.31. The molecule has 1 heterocycles. The van der Waals surface area contributed by atoms with Crippen molar-refractivity contribution in [2.75, 3.05) is 13.7 Å². The fraction of sp³-hybridized carbons (Fsp3) is 0.429. The van der Waals surface area contributed by atoms with Crippen LogP contribution in [0.4, 0.5) is 0 Å². The van der Waals surface area contributed by atoms with E-state index >= 15 is 0 Å². The molecule has 1 aromatic carbocycles. The summed E-state index contributed by atoms with van der Waals surface area (Å²) in [5.74, 6) is 0.286. The summed E-state index contributed by atoms with van der Waals surface area (Å²) in [4.78, 5) is 3.41. The van der Waals surface area contributed by atoms with E-state index < -0.39 is 0 Å². The Morgan fingerprint density at radius 3 is 3.00 bits per heavy atom. The molecule has 1 aromatic heterocycles. The number of aryl methyl sites for hydroxylation is 1. The number of aromatic hydroxyl groups is 1. The van der Waals surface area contributed by atoms with Crippen molar-refractivity contribution in [3.05, 3.63) is 29.5 Å². The number of benzene rings is 1. The van der Waals surface area contributed by atoms with Crippen LogP contribution in [0.5, 0.6) is 5.75 Å². The van der Waals surface area contributed by atoms with Crippen LogP contribution >= 0.6 is 0 Å². The SMILES string of the molecule is CNC1(CO)CCc2[nH]c3ccc(O)cc3c2C1. The molecule has 0 saturated carbocycles. The highest BCUT2D eigenvalue weighted by Crippen LogP contribution is 2.34. The molecule has 1 aliphatic rings. The van der Waals surface area contributed by atoms with Crippen molar-refractivity contribution in [3.8, 4) is 5.75 Å². The maximum atomic E-state index is 9.62. The molecule has 0 saturated heterocycles. The summed E-state index contributed by atoms with van der Waals surface area (Å²) >= 11 is 0. The lowest BCUT2D eigenvalue weighted by Gasteiger charge is -2.35. The molecule has 4 N–H and O–H groups in total. The fourth-order valence-corrected chi connectivity index (χ4v) is 2.93. The number of phenols is 1. The van der Waals surface area contributed by atoms with Crippen LogP contribution in [0.2, 0.25) is 0 Å². The van der Waals surface area contributed by atoms with Gasteiger partial charge in [0.05, 0.1) is 6.61 Å². The van der Waals surface area contributed by atoms with Gasteiger partial charge in [-0.15, -0.1) is 0 Å². The lowest BCUT2D eigenvalue weighted by atomic mass is 9.80. The quantitative estimate of drug-likeness (QED) is 0.646. The number of H-pyrrole nitrogens is 1. The fourth-order valence-electron chi connectivity index (χ4n) is 2.93. The van der Waals surface area contributed by atoms with E-state index in [1.807, 2.05) is 13.1 Å². The van der Waals surface area contributed by atoms with Gasteiger partial charge in [0, 0.05) is 22.1 Å². The Morgan fingerprint density at radius 1 is 1.44 bits per heavy atom. The smallest absolute Gasteiger partial charge is 0.116 e. The highest BCUT2D eigenvalue weighted by molar-refractivity contribution is 5.86. The van der Waals surface area contributed by atoms with Gasteiger partial charge >= 0.3 is 0 Å². The molecule has 0 spiro atoms. The third-order valence-corrected chi connectivity index (χ3v) is 4.18. The molecule has 0 amide bonds. The first-order valence-electron chi connectivity index (χ1n) is 6.30. The average Bonchev–Trinajstić information content (AvgIpc) is 2.75. The number of rotatable bonds is 2. The summed E-state index contributed by atoms with van der Waals surface area (Å²) in [6.07, 6.45) is 2.64. The van der Waals surface area contributed by atoms with Crippen LogP contribution < -0.4 is 5.32 Å². The number of aliphatic hydroxyl groups excluding tert-OH is 1. The van der Waals surface area contributed by atoms with Crippen LogP contribution in [0.1, 0.15) is 17.7 Å². The van der Waals surface area contributed by atoms with Gasteiger partial charge in [-0.3, -0.25) is 0 Å². The maximum Gasteiger partial charge on any atom is 0.116 e. The second kappa shape index (κ2) is 4.00. The van der Waals surface area contributed by atoms with Gasteiger partial charge in [0.25, 0.3) is 0 Å². The number of phenolic OH excluding ortho intramolecular Hbond substituents is 1. The Hall–Kier alpha value is -1.52. The van der Waals surface area contributed by atoms with Crippen molar-refractivity contribution in [2.24, 2.45) is 0 Å². The first-order valence-corrected chi connectivity index (χ1v) is 6.30. The summed E-state index contributed by atoms with van der Waals surface area (Å²) in [6, 6.07) is 5.40. The Balaban J connectivity index is 2.13. The second-order valence-corrected chi connectivity index (χ2v) is 5.18. The Labute approximate surface area is 106 Å². The summed E-state index contributed by atoms with van der Waals surface area (Å²) in [5.41, 5.74) is 3.28. The van der Waals surface area contributed by atoms with Gasteiger partial charge in [0.2, 0.25) is 0 Å². The molecule has 4 nitrogen and oxygen atoms in total. The van der Waals surface area contributed by atoms with Gasteiger partial charge in [-0.1, -0.05) is 0 Å². The summed E-state index contributed by atoms with van der Waals surface area (Å²) in [5, 5.41) is 23.5. The van der Waals surface area contributed by atoms with Crippen LogP contribution in [0.25, 0.3) is 10.9 Å². The van der Waals surface area contributed by atoms with Crippen LogP contribution in [0.3, 0.4) is 0 Å². The second-order valence-electron chi connectivity index (χ2n) is 5.18. The topological polar surface area (TPSA) is 68.3 Å². The number of hydrogen-bond donors (Lipinski definition) is 4. The molecule has 1 atom stereocenters. The van der Waals surface area contributed by atoms with E-state index in [4.69, 9.17) is 0 Å². The van der Waals surface area contributed by atoms with E-state index in [2.05, 4.69) is 10.3 Å². The average molecular weight is 246 g/mol. The zero-order valence-electron chi connectivity index (χ0n) is 10.5. The van der Waals surface area contributed by atoms with E-state index in [0.717, 1.165) is 30.2 Å². The lowest BCUT2D eigenvalue weighted by molar-refractivity contribution is 0.153. The molecule has 0 bridgehead atoms. The van der Waals surface area contributed by atoms with Crippen molar-refractivity contribution < 1.29 is 10.2 Å². The zero-order chi connectivity index (χ0) is 12.8. The molecule has 0 fully saturated rings. The van der Waals surface area contributed by atoms with Gasteiger partial charge < -0.3 is 20.5 Å². The monoisotopic (exact) mass is 246 g/mol. The normalized spacial score (nSPS) is 23.2. The number of aromatic nitrogens is 1. The molecule has 0 aliphatic heterocycles. The van der Waals surface area contributed by atoms with Crippen molar-refractivity contribution >= 4 is 10.9 Å².